The molecule has 0 heterocycles. The zero-order chi connectivity index (χ0) is 22.8. The second kappa shape index (κ2) is 12.5. The van der Waals surface area contributed by atoms with Crippen molar-refractivity contribution < 1.29 is 13.2 Å². The molecule has 0 spiro atoms. The quantitative estimate of drug-likeness (QED) is 0.274. The molecule has 0 aliphatic heterocycles. The minimum atomic E-state index is -4.24. The van der Waals surface area contributed by atoms with Gasteiger partial charge in [0, 0.05) is 6.08 Å². The Bertz CT molecular complexity index is 727. The van der Waals surface area contributed by atoms with Crippen molar-refractivity contribution >= 4 is 0 Å². The number of halogens is 3. The minimum absolute atomic E-state index is 0.430. The summed E-state index contributed by atoms with van der Waals surface area (Å²) in [7, 11) is 0. The summed E-state index contributed by atoms with van der Waals surface area (Å²) in [5, 5.41) is 8.55. The molecule has 1 nitrogen and oxygen atoms in total. The Morgan fingerprint density at radius 1 is 0.781 bits per heavy atom. The Labute approximate surface area is 192 Å². The lowest BCUT2D eigenvalue weighted by Gasteiger charge is -2.30. The fourth-order valence-corrected chi connectivity index (χ4v) is 5.87. The van der Waals surface area contributed by atoms with Crippen LogP contribution >= 0.6 is 0 Å². The number of hydrogen-bond acceptors (Lipinski definition) is 1. The highest BCUT2D eigenvalue weighted by atomic mass is 19.4. The first-order chi connectivity index (χ1) is 15.5. The number of allylic oxidation sites excluding steroid dienone is 2. The molecule has 0 radical (unpaired) electrons. The van der Waals surface area contributed by atoms with Crippen molar-refractivity contribution in [2.75, 3.05) is 0 Å². The van der Waals surface area contributed by atoms with E-state index in [2.05, 4.69) is 6.07 Å². The van der Waals surface area contributed by atoms with Crippen molar-refractivity contribution in [3.8, 4) is 6.07 Å². The molecular formula is C28H38F3N. The van der Waals surface area contributed by atoms with Crippen LogP contribution in [0.3, 0.4) is 0 Å². The number of alkyl halides is 3. The van der Waals surface area contributed by atoms with Gasteiger partial charge in [0.05, 0.1) is 11.6 Å². The van der Waals surface area contributed by atoms with E-state index < -0.39 is 11.7 Å². The third kappa shape index (κ3) is 7.98. The van der Waals surface area contributed by atoms with Crippen LogP contribution in [0.5, 0.6) is 0 Å². The smallest absolute Gasteiger partial charge is 0.193 e. The Morgan fingerprint density at radius 3 is 1.78 bits per heavy atom. The first kappa shape index (κ1) is 24.9. The van der Waals surface area contributed by atoms with Gasteiger partial charge < -0.3 is 0 Å². The molecule has 4 heteroatoms. The molecular weight excluding hydrogens is 407 g/mol. The Hall–Kier alpha value is -1.76. The Morgan fingerprint density at radius 2 is 1.28 bits per heavy atom. The van der Waals surface area contributed by atoms with Crippen LogP contribution in [0.4, 0.5) is 13.2 Å². The van der Waals surface area contributed by atoms with Gasteiger partial charge in [0.15, 0.2) is 0 Å². The third-order valence-electron chi connectivity index (χ3n) is 7.93. The summed E-state index contributed by atoms with van der Waals surface area (Å²) in [5.74, 6) is 3.00. The predicted molar refractivity (Wildman–Crippen MR) is 124 cm³/mol. The van der Waals surface area contributed by atoms with Gasteiger partial charge in [-0.1, -0.05) is 69.6 Å². The van der Waals surface area contributed by atoms with Crippen molar-refractivity contribution in [1.29, 1.82) is 5.26 Å². The van der Waals surface area contributed by atoms with Gasteiger partial charge >= 0.3 is 6.18 Å². The molecule has 2 aliphatic carbocycles. The van der Waals surface area contributed by atoms with Gasteiger partial charge in [0.25, 0.3) is 0 Å². The Kier molecular flexibility index (Phi) is 9.69. The van der Waals surface area contributed by atoms with Gasteiger partial charge in [-0.15, -0.1) is 0 Å². The Balaban J connectivity index is 1.26. The molecule has 0 amide bonds. The summed E-state index contributed by atoms with van der Waals surface area (Å²) in [4.78, 5) is 0. The number of benzene rings is 1. The van der Waals surface area contributed by atoms with E-state index in [1.54, 1.807) is 18.2 Å². The summed E-state index contributed by atoms with van der Waals surface area (Å²) in [6.07, 6.45) is 17.2. The first-order valence-electron chi connectivity index (χ1n) is 12.7. The third-order valence-corrected chi connectivity index (χ3v) is 7.93. The number of nitriles is 1. The fraction of sp³-hybridized carbons (Fsp3) is 0.679. The van der Waals surface area contributed by atoms with Crippen LogP contribution in [0.2, 0.25) is 0 Å². The van der Waals surface area contributed by atoms with Gasteiger partial charge in [-0.05, 0) is 79.9 Å². The van der Waals surface area contributed by atoms with E-state index in [0.717, 1.165) is 42.6 Å². The SMILES string of the molecule is N#CC=CCC[C@H]1CC[C@H](CCCC[C@H]2CC[C@H](c3ccc(C(F)(F)F)cc3)CC2)CC1. The second-order valence-corrected chi connectivity index (χ2v) is 10.1. The van der Waals surface area contributed by atoms with E-state index in [9.17, 15) is 13.2 Å². The van der Waals surface area contributed by atoms with Crippen molar-refractivity contribution in [1.82, 2.24) is 0 Å². The topological polar surface area (TPSA) is 23.8 Å². The molecule has 0 aromatic heterocycles. The maximum atomic E-state index is 12.8. The van der Waals surface area contributed by atoms with Crippen LogP contribution in [0.15, 0.2) is 36.4 Å². The summed E-state index contributed by atoms with van der Waals surface area (Å²) >= 11 is 0. The van der Waals surface area contributed by atoms with Crippen molar-refractivity contribution in [2.24, 2.45) is 17.8 Å². The second-order valence-electron chi connectivity index (χ2n) is 10.1. The van der Waals surface area contributed by atoms with E-state index in [0.29, 0.717) is 5.92 Å². The number of unbranched alkanes of at least 4 members (excludes halogenated alkanes) is 1. The zero-order valence-electron chi connectivity index (χ0n) is 19.3. The average molecular weight is 446 g/mol. The molecule has 2 aliphatic rings. The maximum Gasteiger partial charge on any atom is 0.416 e. The molecule has 2 fully saturated rings. The molecule has 3 rings (SSSR count). The summed E-state index contributed by atoms with van der Waals surface area (Å²) in [6, 6.07) is 7.91. The molecule has 32 heavy (non-hydrogen) atoms. The van der Waals surface area contributed by atoms with Gasteiger partial charge in [-0.25, -0.2) is 0 Å². The maximum absolute atomic E-state index is 12.8. The summed E-state index contributed by atoms with van der Waals surface area (Å²) < 4.78 is 38.3. The molecule has 0 bridgehead atoms. The monoisotopic (exact) mass is 445 g/mol. The molecule has 2 saturated carbocycles. The zero-order valence-corrected chi connectivity index (χ0v) is 19.3. The van der Waals surface area contributed by atoms with Crippen LogP contribution in [0, 0.1) is 29.1 Å². The van der Waals surface area contributed by atoms with Crippen LogP contribution in [0.25, 0.3) is 0 Å². The molecule has 176 valence electrons. The number of nitrogens with zero attached hydrogens (tertiary/aromatic N) is 1. The van der Waals surface area contributed by atoms with Crippen LogP contribution in [0.1, 0.15) is 107 Å². The molecule has 0 unspecified atom stereocenters. The van der Waals surface area contributed by atoms with Crippen LogP contribution < -0.4 is 0 Å². The van der Waals surface area contributed by atoms with Crippen molar-refractivity contribution in [3.63, 3.8) is 0 Å². The van der Waals surface area contributed by atoms with E-state index in [1.165, 1.54) is 82.8 Å². The average Bonchev–Trinajstić information content (AvgIpc) is 2.80. The lowest BCUT2D eigenvalue weighted by atomic mass is 9.76. The predicted octanol–water partition coefficient (Wildman–Crippen LogP) is 9.21. The van der Waals surface area contributed by atoms with Gasteiger partial charge in [0.1, 0.15) is 0 Å². The van der Waals surface area contributed by atoms with Crippen LogP contribution in [-0.4, -0.2) is 0 Å². The molecule has 1 aromatic rings. The van der Waals surface area contributed by atoms with Gasteiger partial charge in [-0.3, -0.25) is 0 Å². The van der Waals surface area contributed by atoms with Crippen molar-refractivity contribution in [2.45, 2.75) is 102 Å². The van der Waals surface area contributed by atoms with E-state index in [1.807, 2.05) is 6.08 Å². The number of rotatable bonds is 9. The normalized spacial score (nSPS) is 26.8. The lowest BCUT2D eigenvalue weighted by molar-refractivity contribution is -0.137. The highest BCUT2D eigenvalue weighted by molar-refractivity contribution is 5.27. The van der Waals surface area contributed by atoms with Crippen LogP contribution in [-0.2, 0) is 6.18 Å². The highest BCUT2D eigenvalue weighted by Crippen LogP contribution is 2.39. The minimum Gasteiger partial charge on any atom is -0.193 e. The summed E-state index contributed by atoms with van der Waals surface area (Å²) in [6.45, 7) is 0. The molecule has 0 N–H and O–H groups in total. The lowest BCUT2D eigenvalue weighted by Crippen LogP contribution is -2.15. The van der Waals surface area contributed by atoms with E-state index in [-0.39, 0.29) is 0 Å². The molecule has 0 saturated heterocycles. The molecule has 0 atom stereocenters. The fourth-order valence-electron chi connectivity index (χ4n) is 5.87. The molecule has 1 aromatic carbocycles. The highest BCUT2D eigenvalue weighted by Gasteiger charge is 2.30. The summed E-state index contributed by atoms with van der Waals surface area (Å²) in [5.41, 5.74) is 0.532. The standard InChI is InChI=1S/C28H38F3N/c29-28(30,31)27-19-17-26(18-20-27)25-15-13-24(14-16-25)8-4-3-7-23-11-9-22(10-12-23)6-2-1-5-21-32/h1,5,17-20,22-25H,2-4,6-16H2/t22-,23-,24-,25-. The van der Waals surface area contributed by atoms with E-state index in [4.69, 9.17) is 5.26 Å². The van der Waals surface area contributed by atoms with Gasteiger partial charge in [0.2, 0.25) is 0 Å². The first-order valence-corrected chi connectivity index (χ1v) is 12.7. The van der Waals surface area contributed by atoms with Gasteiger partial charge in [-0.2, -0.15) is 18.4 Å². The van der Waals surface area contributed by atoms with E-state index >= 15 is 0 Å². The van der Waals surface area contributed by atoms with Crippen molar-refractivity contribution in [3.05, 3.63) is 47.5 Å². The largest absolute Gasteiger partial charge is 0.416 e. The number of hydrogen-bond donors (Lipinski definition) is 0.